The number of furan rings is 1. The number of benzene rings is 1. The van der Waals surface area contributed by atoms with Gasteiger partial charge in [0.25, 0.3) is 0 Å². The minimum atomic E-state index is -0.829. The third kappa shape index (κ3) is 4.53. The predicted octanol–water partition coefficient (Wildman–Crippen LogP) is 2.94. The molecule has 1 unspecified atom stereocenters. The van der Waals surface area contributed by atoms with Crippen LogP contribution in [0.1, 0.15) is 24.7 Å². The van der Waals surface area contributed by atoms with Gasteiger partial charge in [0.15, 0.2) is 0 Å². The maximum atomic E-state index is 11.9. The second-order valence-corrected chi connectivity index (χ2v) is 7.23. The normalized spacial score (nSPS) is 16.6. The van der Waals surface area contributed by atoms with Crippen molar-refractivity contribution in [1.82, 2.24) is 10.6 Å². The SMILES string of the molecule is O=C(NCC(O)c1ccco1)NCC1(Sc2ccccc2)CC1. The molecule has 2 aromatic rings. The van der Waals surface area contributed by atoms with Gasteiger partial charge in [0.1, 0.15) is 11.9 Å². The van der Waals surface area contributed by atoms with Gasteiger partial charge in [-0.2, -0.15) is 0 Å². The van der Waals surface area contributed by atoms with Crippen LogP contribution in [0.5, 0.6) is 0 Å². The molecule has 1 saturated carbocycles. The van der Waals surface area contributed by atoms with Crippen LogP contribution in [0.4, 0.5) is 4.79 Å². The van der Waals surface area contributed by atoms with Gasteiger partial charge < -0.3 is 20.2 Å². The van der Waals surface area contributed by atoms with Crippen LogP contribution < -0.4 is 10.6 Å². The smallest absolute Gasteiger partial charge is 0.314 e. The van der Waals surface area contributed by atoms with Crippen LogP contribution in [0.15, 0.2) is 58.0 Å². The fourth-order valence-corrected chi connectivity index (χ4v) is 3.51. The lowest BCUT2D eigenvalue weighted by atomic mass is 10.3. The molecule has 1 aromatic carbocycles. The lowest BCUT2D eigenvalue weighted by molar-refractivity contribution is 0.148. The van der Waals surface area contributed by atoms with E-state index in [0.717, 1.165) is 12.8 Å². The summed E-state index contributed by atoms with van der Waals surface area (Å²) in [7, 11) is 0. The first-order chi connectivity index (χ1) is 11.2. The van der Waals surface area contributed by atoms with E-state index in [2.05, 4.69) is 22.8 Å². The fourth-order valence-electron chi connectivity index (χ4n) is 2.27. The molecular weight excluding hydrogens is 312 g/mol. The summed E-state index contributed by atoms with van der Waals surface area (Å²) in [6, 6.07) is 13.3. The van der Waals surface area contributed by atoms with Crippen LogP contribution in [0.25, 0.3) is 0 Å². The zero-order valence-electron chi connectivity index (χ0n) is 12.7. The Hall–Kier alpha value is -1.92. The molecular formula is C17H20N2O3S. The van der Waals surface area contributed by atoms with Crippen molar-refractivity contribution in [3.8, 4) is 0 Å². The van der Waals surface area contributed by atoms with Crippen molar-refractivity contribution in [2.75, 3.05) is 13.1 Å². The Labute approximate surface area is 139 Å². The van der Waals surface area contributed by atoms with Gasteiger partial charge in [-0.3, -0.25) is 0 Å². The largest absolute Gasteiger partial charge is 0.467 e. The minimum Gasteiger partial charge on any atom is -0.467 e. The Morgan fingerprint density at radius 1 is 1.22 bits per heavy atom. The Kier molecular flexibility index (Phi) is 4.93. The van der Waals surface area contributed by atoms with E-state index in [-0.39, 0.29) is 17.3 Å². The summed E-state index contributed by atoms with van der Waals surface area (Å²) in [4.78, 5) is 13.1. The molecule has 5 nitrogen and oxygen atoms in total. The Balaban J connectivity index is 1.40. The highest BCUT2D eigenvalue weighted by molar-refractivity contribution is 8.01. The van der Waals surface area contributed by atoms with Gasteiger partial charge in [0, 0.05) is 16.2 Å². The van der Waals surface area contributed by atoms with Gasteiger partial charge in [-0.05, 0) is 37.1 Å². The first kappa shape index (κ1) is 16.0. The van der Waals surface area contributed by atoms with Crippen molar-refractivity contribution < 1.29 is 14.3 Å². The number of nitrogens with one attached hydrogen (secondary N) is 2. The molecule has 1 aliphatic carbocycles. The predicted molar refractivity (Wildman–Crippen MR) is 89.3 cm³/mol. The average Bonchev–Trinajstić information content (AvgIpc) is 3.11. The molecule has 3 rings (SSSR count). The molecule has 0 spiro atoms. The number of urea groups is 1. The molecule has 0 aliphatic heterocycles. The van der Waals surface area contributed by atoms with E-state index in [1.807, 2.05) is 30.0 Å². The highest BCUT2D eigenvalue weighted by atomic mass is 32.2. The molecule has 0 bridgehead atoms. The number of carbonyl (C=O) groups excluding carboxylic acids is 1. The maximum Gasteiger partial charge on any atom is 0.314 e. The minimum absolute atomic E-state index is 0.109. The number of hydrogen-bond donors (Lipinski definition) is 3. The summed E-state index contributed by atoms with van der Waals surface area (Å²) in [6.07, 6.45) is 2.87. The van der Waals surface area contributed by atoms with E-state index >= 15 is 0 Å². The van der Waals surface area contributed by atoms with Crippen LogP contribution in [0.2, 0.25) is 0 Å². The second kappa shape index (κ2) is 7.10. The highest BCUT2D eigenvalue weighted by Gasteiger charge is 2.43. The summed E-state index contributed by atoms with van der Waals surface area (Å²) in [5.41, 5.74) is 0. The summed E-state index contributed by atoms with van der Waals surface area (Å²) < 4.78 is 5.20. The fraction of sp³-hybridized carbons (Fsp3) is 0.353. The quantitative estimate of drug-likeness (QED) is 0.729. The molecule has 23 heavy (non-hydrogen) atoms. The third-order valence-corrected chi connectivity index (χ3v) is 5.28. The molecule has 1 heterocycles. The molecule has 122 valence electrons. The number of thioether (sulfide) groups is 1. The number of aliphatic hydroxyl groups excluding tert-OH is 1. The van der Waals surface area contributed by atoms with E-state index < -0.39 is 6.10 Å². The number of hydrogen-bond acceptors (Lipinski definition) is 4. The van der Waals surface area contributed by atoms with E-state index in [9.17, 15) is 9.90 Å². The molecule has 1 aliphatic rings. The first-order valence-electron chi connectivity index (χ1n) is 7.64. The lowest BCUT2D eigenvalue weighted by Crippen LogP contribution is -2.41. The van der Waals surface area contributed by atoms with Crippen LogP contribution in [0.3, 0.4) is 0 Å². The Morgan fingerprint density at radius 2 is 2.00 bits per heavy atom. The monoisotopic (exact) mass is 332 g/mol. The Morgan fingerprint density at radius 3 is 2.65 bits per heavy atom. The van der Waals surface area contributed by atoms with Gasteiger partial charge in [-0.1, -0.05) is 18.2 Å². The van der Waals surface area contributed by atoms with Gasteiger partial charge in [0.2, 0.25) is 0 Å². The number of aliphatic hydroxyl groups is 1. The van der Waals surface area contributed by atoms with E-state index in [4.69, 9.17) is 4.42 Å². The molecule has 1 aromatic heterocycles. The zero-order chi connectivity index (χ0) is 16.1. The average molecular weight is 332 g/mol. The summed E-state index contributed by atoms with van der Waals surface area (Å²) in [5, 5.41) is 15.4. The maximum absolute atomic E-state index is 11.9. The lowest BCUT2D eigenvalue weighted by Gasteiger charge is -2.16. The summed E-state index contributed by atoms with van der Waals surface area (Å²) in [6.45, 7) is 0.743. The summed E-state index contributed by atoms with van der Waals surface area (Å²) in [5.74, 6) is 0.448. The van der Waals surface area contributed by atoms with Crippen molar-refractivity contribution in [2.45, 2.75) is 28.6 Å². The number of amides is 2. The van der Waals surface area contributed by atoms with Crippen LogP contribution in [0, 0.1) is 0 Å². The third-order valence-electron chi connectivity index (χ3n) is 3.78. The molecule has 3 N–H and O–H groups in total. The van der Waals surface area contributed by atoms with E-state index in [0.29, 0.717) is 12.3 Å². The van der Waals surface area contributed by atoms with Gasteiger partial charge >= 0.3 is 6.03 Å². The van der Waals surface area contributed by atoms with Crippen molar-refractivity contribution in [3.63, 3.8) is 0 Å². The first-order valence-corrected chi connectivity index (χ1v) is 8.46. The molecule has 2 amide bonds. The Bertz CT molecular complexity index is 627. The van der Waals surface area contributed by atoms with E-state index in [1.54, 1.807) is 12.1 Å². The van der Waals surface area contributed by atoms with Crippen LogP contribution in [-0.2, 0) is 0 Å². The molecule has 0 saturated heterocycles. The highest BCUT2D eigenvalue weighted by Crippen LogP contribution is 2.51. The van der Waals surface area contributed by atoms with Crippen LogP contribution >= 0.6 is 11.8 Å². The zero-order valence-corrected chi connectivity index (χ0v) is 13.5. The molecule has 0 radical (unpaired) electrons. The van der Waals surface area contributed by atoms with Gasteiger partial charge in [0.05, 0.1) is 12.8 Å². The van der Waals surface area contributed by atoms with Gasteiger partial charge in [-0.15, -0.1) is 11.8 Å². The molecule has 6 heteroatoms. The van der Waals surface area contributed by atoms with Crippen LogP contribution in [-0.4, -0.2) is 29.0 Å². The van der Waals surface area contributed by atoms with Crippen molar-refractivity contribution >= 4 is 17.8 Å². The number of rotatable bonds is 7. The van der Waals surface area contributed by atoms with Crippen molar-refractivity contribution in [1.29, 1.82) is 0 Å². The number of carbonyl (C=O) groups is 1. The topological polar surface area (TPSA) is 74.5 Å². The molecule has 1 atom stereocenters. The van der Waals surface area contributed by atoms with Crippen molar-refractivity contribution in [2.24, 2.45) is 0 Å². The van der Waals surface area contributed by atoms with Gasteiger partial charge in [-0.25, -0.2) is 4.79 Å². The standard InChI is InChI=1S/C17H20N2O3S/c20-14(15-7-4-10-22-15)11-18-16(21)19-12-17(8-9-17)23-13-5-2-1-3-6-13/h1-7,10,14,20H,8-9,11-12H2,(H2,18,19,21). The van der Waals surface area contributed by atoms with E-state index in [1.165, 1.54) is 11.2 Å². The van der Waals surface area contributed by atoms with Crippen molar-refractivity contribution in [3.05, 3.63) is 54.5 Å². The second-order valence-electron chi connectivity index (χ2n) is 5.69. The summed E-state index contributed by atoms with van der Waals surface area (Å²) >= 11 is 1.81. The molecule has 1 fully saturated rings.